The molecule has 3 aromatic carbocycles. The van der Waals surface area contributed by atoms with E-state index in [4.69, 9.17) is 9.47 Å². The third kappa shape index (κ3) is 8.61. The van der Waals surface area contributed by atoms with Crippen molar-refractivity contribution in [2.75, 3.05) is 26.7 Å². The molecule has 0 N–H and O–H groups in total. The lowest BCUT2D eigenvalue weighted by molar-refractivity contribution is 0.0662. The number of rotatable bonds is 14. The molecule has 1 atom stereocenters. The van der Waals surface area contributed by atoms with Crippen molar-refractivity contribution in [1.82, 2.24) is 9.80 Å². The van der Waals surface area contributed by atoms with Crippen molar-refractivity contribution in [3.63, 3.8) is 0 Å². The molecule has 0 aromatic heterocycles. The van der Waals surface area contributed by atoms with Crippen LogP contribution in [0.25, 0.3) is 0 Å². The lowest BCUT2D eigenvalue weighted by Gasteiger charge is -2.31. The fourth-order valence-electron chi connectivity index (χ4n) is 4.38. The average molecular weight is 568 g/mol. The summed E-state index contributed by atoms with van der Waals surface area (Å²) < 4.78 is 12.6. The van der Waals surface area contributed by atoms with Crippen LogP contribution in [0.3, 0.4) is 0 Å². The summed E-state index contributed by atoms with van der Waals surface area (Å²) in [5, 5.41) is 0. The van der Waals surface area contributed by atoms with Crippen LogP contribution in [-0.2, 0) is 13.2 Å². The summed E-state index contributed by atoms with van der Waals surface area (Å²) in [5.74, 6) is 1.38. The Hall–Kier alpha value is -2.83. The van der Waals surface area contributed by atoms with Crippen molar-refractivity contribution < 1.29 is 14.3 Å². The number of hydrogen-bond acceptors (Lipinski definition) is 4. The largest absolute Gasteiger partial charge is 0.493 e. The highest BCUT2D eigenvalue weighted by Gasteiger charge is 2.23. The molecule has 0 spiro atoms. The predicted octanol–water partition coefficient (Wildman–Crippen LogP) is 7.19. The van der Waals surface area contributed by atoms with Crippen LogP contribution in [-0.4, -0.2) is 48.5 Å². The van der Waals surface area contributed by atoms with Crippen LogP contribution in [0.2, 0.25) is 0 Å². The lowest BCUT2D eigenvalue weighted by Crippen LogP contribution is -2.38. The number of carbonyl (C=O) groups excluding carboxylic acids is 1. The first kappa shape index (κ1) is 28.7. The van der Waals surface area contributed by atoms with E-state index in [-0.39, 0.29) is 11.9 Å². The predicted molar refractivity (Wildman–Crippen MR) is 154 cm³/mol. The summed E-state index contributed by atoms with van der Waals surface area (Å²) in [5.41, 5.74) is 2.78. The number of halogens is 1. The maximum absolute atomic E-state index is 13.7. The third-order valence-corrected chi connectivity index (χ3v) is 7.17. The van der Waals surface area contributed by atoms with E-state index in [1.807, 2.05) is 77.7 Å². The van der Waals surface area contributed by atoms with Crippen molar-refractivity contribution in [3.05, 3.63) is 94.0 Å². The van der Waals surface area contributed by atoms with Crippen molar-refractivity contribution in [3.8, 4) is 11.5 Å². The summed E-state index contributed by atoms with van der Waals surface area (Å²) in [6.07, 6.45) is 1.98. The van der Waals surface area contributed by atoms with Gasteiger partial charge in [-0.05, 0) is 80.9 Å². The van der Waals surface area contributed by atoms with Crippen LogP contribution in [0.15, 0.2) is 77.3 Å². The Bertz CT molecular complexity index is 1120. The molecule has 3 aromatic rings. The molecule has 1 unspecified atom stereocenters. The van der Waals surface area contributed by atoms with Crippen molar-refractivity contribution >= 4 is 21.8 Å². The maximum Gasteiger partial charge on any atom is 0.254 e. The summed E-state index contributed by atoms with van der Waals surface area (Å²) in [7, 11) is 1.65. The number of methoxy groups -OCH3 is 1. The van der Waals surface area contributed by atoms with Crippen LogP contribution >= 0.6 is 15.9 Å². The number of carbonyl (C=O) groups is 1. The number of benzene rings is 3. The van der Waals surface area contributed by atoms with E-state index in [1.54, 1.807) is 7.11 Å². The van der Waals surface area contributed by atoms with Gasteiger partial charge in [-0.2, -0.15) is 0 Å². The average Bonchev–Trinajstić information content (AvgIpc) is 2.93. The fourth-order valence-corrected chi connectivity index (χ4v) is 4.78. The van der Waals surface area contributed by atoms with Crippen molar-refractivity contribution in [2.24, 2.45) is 0 Å². The van der Waals surface area contributed by atoms with Gasteiger partial charge in [-0.15, -0.1) is 0 Å². The first-order valence-corrected chi connectivity index (χ1v) is 13.9. The third-order valence-electron chi connectivity index (χ3n) is 6.67. The number of hydrogen-bond donors (Lipinski definition) is 0. The van der Waals surface area contributed by atoms with Gasteiger partial charge in [0.2, 0.25) is 0 Å². The summed E-state index contributed by atoms with van der Waals surface area (Å²) in [4.78, 5) is 18.1. The summed E-state index contributed by atoms with van der Waals surface area (Å²) in [6.45, 7) is 10.6. The second-order valence-corrected chi connectivity index (χ2v) is 10.1. The topological polar surface area (TPSA) is 42.0 Å². The minimum absolute atomic E-state index is 0.0278. The molecule has 0 aliphatic carbocycles. The van der Waals surface area contributed by atoms with E-state index in [1.165, 1.54) is 0 Å². The molecule has 37 heavy (non-hydrogen) atoms. The Morgan fingerprint density at radius 2 is 1.68 bits per heavy atom. The van der Waals surface area contributed by atoms with Gasteiger partial charge in [0.25, 0.3) is 5.91 Å². The van der Waals surface area contributed by atoms with Crippen molar-refractivity contribution in [2.45, 2.75) is 52.8 Å². The Balaban J connectivity index is 1.77. The highest BCUT2D eigenvalue weighted by molar-refractivity contribution is 9.10. The molecule has 0 heterocycles. The molecule has 1 amide bonds. The number of nitrogens with zero attached hydrogens (tertiary/aromatic N) is 2. The zero-order chi connectivity index (χ0) is 26.6. The molecule has 0 saturated heterocycles. The van der Waals surface area contributed by atoms with Gasteiger partial charge in [-0.25, -0.2) is 0 Å². The van der Waals surface area contributed by atoms with Gasteiger partial charge in [-0.1, -0.05) is 72.2 Å². The van der Waals surface area contributed by atoms with Crippen molar-refractivity contribution in [1.29, 1.82) is 0 Å². The van der Waals surface area contributed by atoms with Crippen LogP contribution < -0.4 is 9.47 Å². The van der Waals surface area contributed by atoms with Gasteiger partial charge in [-0.3, -0.25) is 4.79 Å². The molecule has 3 rings (SSSR count). The molecule has 0 bridgehead atoms. The highest BCUT2D eigenvalue weighted by atomic mass is 79.9. The second kappa shape index (κ2) is 14.8. The van der Waals surface area contributed by atoms with Gasteiger partial charge < -0.3 is 19.3 Å². The van der Waals surface area contributed by atoms with E-state index in [9.17, 15) is 4.79 Å². The number of ether oxygens (including phenoxy) is 2. The van der Waals surface area contributed by atoms with E-state index in [2.05, 4.69) is 41.6 Å². The molecular formula is C31H39BrN2O3. The Morgan fingerprint density at radius 1 is 0.919 bits per heavy atom. The fraction of sp³-hybridized carbons (Fsp3) is 0.387. The monoisotopic (exact) mass is 566 g/mol. The molecular weight excluding hydrogens is 528 g/mol. The molecule has 0 aliphatic heterocycles. The first-order chi connectivity index (χ1) is 17.9. The van der Waals surface area contributed by atoms with Gasteiger partial charge >= 0.3 is 0 Å². The maximum atomic E-state index is 13.7. The van der Waals surface area contributed by atoms with Gasteiger partial charge in [0.1, 0.15) is 6.61 Å². The van der Waals surface area contributed by atoms with E-state index >= 15 is 0 Å². The molecule has 0 saturated carbocycles. The molecule has 0 fully saturated rings. The summed E-state index contributed by atoms with van der Waals surface area (Å²) >= 11 is 3.51. The quantitative estimate of drug-likeness (QED) is 0.207. The Kier molecular flexibility index (Phi) is 11.5. The van der Waals surface area contributed by atoms with Crippen LogP contribution in [0.1, 0.15) is 55.1 Å². The Morgan fingerprint density at radius 3 is 2.35 bits per heavy atom. The molecule has 6 heteroatoms. The van der Waals surface area contributed by atoms with Crippen LogP contribution in [0.5, 0.6) is 11.5 Å². The zero-order valence-electron chi connectivity index (χ0n) is 22.5. The van der Waals surface area contributed by atoms with Crippen LogP contribution in [0.4, 0.5) is 0 Å². The molecule has 5 nitrogen and oxygen atoms in total. The normalized spacial score (nSPS) is 11.8. The smallest absolute Gasteiger partial charge is 0.254 e. The minimum atomic E-state index is 0.0278. The van der Waals surface area contributed by atoms with Gasteiger partial charge in [0.05, 0.1) is 7.11 Å². The Labute approximate surface area is 230 Å². The lowest BCUT2D eigenvalue weighted by atomic mass is 10.1. The van der Waals surface area contributed by atoms with Crippen LogP contribution in [0, 0.1) is 0 Å². The highest BCUT2D eigenvalue weighted by Crippen LogP contribution is 2.30. The SMILES string of the molecule is CCN(CC)CCCC(C)N(Cc1ccc(OCc2ccccc2)c(OC)c1)C(=O)c1cccc(Br)c1. The molecule has 198 valence electrons. The minimum Gasteiger partial charge on any atom is -0.493 e. The standard InChI is InChI=1S/C31H39BrN2O3/c1-5-33(6-2)19-11-12-24(3)34(31(35)27-15-10-16-28(32)21-27)22-26-17-18-29(30(20-26)36-4)37-23-25-13-8-7-9-14-25/h7-10,13-18,20-21,24H,5-6,11-12,19,22-23H2,1-4H3. The summed E-state index contributed by atoms with van der Waals surface area (Å²) in [6, 6.07) is 23.7. The molecule has 0 aliphatic rings. The second-order valence-electron chi connectivity index (χ2n) is 9.22. The van der Waals surface area contributed by atoms with Gasteiger partial charge in [0, 0.05) is 22.6 Å². The van der Waals surface area contributed by atoms with E-state index in [0.29, 0.717) is 30.2 Å². The van der Waals surface area contributed by atoms with Gasteiger partial charge in [0.15, 0.2) is 11.5 Å². The molecule has 0 radical (unpaired) electrons. The zero-order valence-corrected chi connectivity index (χ0v) is 24.0. The first-order valence-electron chi connectivity index (χ1n) is 13.1. The van der Waals surface area contributed by atoms with E-state index in [0.717, 1.165) is 48.1 Å². The van der Waals surface area contributed by atoms with E-state index < -0.39 is 0 Å². The number of amides is 1.